The Morgan fingerprint density at radius 3 is 2.64 bits per heavy atom. The van der Waals surface area contributed by atoms with Crippen LogP contribution in [0, 0.1) is 6.92 Å². The third kappa shape index (κ3) is 5.31. The summed E-state index contributed by atoms with van der Waals surface area (Å²) in [6.07, 6.45) is 12.3. The highest BCUT2D eigenvalue weighted by Crippen LogP contribution is 2.34. The number of hydrogen-bond donors (Lipinski definition) is 0. The van der Waals surface area contributed by atoms with Crippen LogP contribution >= 0.6 is 0 Å². The maximum atomic E-state index is 6.07. The summed E-state index contributed by atoms with van der Waals surface area (Å²) >= 11 is 0. The molecule has 1 aromatic carbocycles. The van der Waals surface area contributed by atoms with Crippen molar-refractivity contribution in [2.24, 2.45) is 0 Å². The van der Waals surface area contributed by atoms with Gasteiger partial charge in [-0.05, 0) is 60.2 Å². The highest BCUT2D eigenvalue weighted by molar-refractivity contribution is 5.29. The van der Waals surface area contributed by atoms with Gasteiger partial charge in [0.25, 0.3) is 0 Å². The number of pyridine rings is 1. The van der Waals surface area contributed by atoms with Crippen molar-refractivity contribution < 1.29 is 4.74 Å². The molecule has 0 bridgehead atoms. The van der Waals surface area contributed by atoms with Gasteiger partial charge >= 0.3 is 0 Å². The van der Waals surface area contributed by atoms with Gasteiger partial charge in [0.05, 0.1) is 18.2 Å². The topological polar surface area (TPSA) is 69.0 Å². The van der Waals surface area contributed by atoms with Crippen molar-refractivity contribution in [2.75, 3.05) is 13.2 Å². The molecule has 0 amide bonds. The quantitative estimate of drug-likeness (QED) is 0.502. The summed E-state index contributed by atoms with van der Waals surface area (Å²) in [5.41, 5.74) is 3.65. The molecule has 3 aromatic rings. The molecule has 1 aliphatic carbocycles. The Hall–Kier alpha value is -2.64. The van der Waals surface area contributed by atoms with Crippen molar-refractivity contribution >= 4 is 0 Å². The molecule has 1 aliphatic heterocycles. The van der Waals surface area contributed by atoms with Gasteiger partial charge in [0.2, 0.25) is 0 Å². The molecule has 2 aromatic heterocycles. The van der Waals surface area contributed by atoms with Gasteiger partial charge in [0, 0.05) is 32.1 Å². The largest absolute Gasteiger partial charge is 0.377 e. The lowest BCUT2D eigenvalue weighted by Gasteiger charge is -2.34. The Labute approximate surface area is 196 Å². The van der Waals surface area contributed by atoms with Crippen LogP contribution in [0.1, 0.15) is 79.5 Å². The number of hydrogen-bond acceptors (Lipinski definition) is 6. The monoisotopic (exact) mass is 446 g/mol. The minimum atomic E-state index is -0.0491. The van der Waals surface area contributed by atoms with E-state index in [2.05, 4.69) is 67.3 Å². The summed E-state index contributed by atoms with van der Waals surface area (Å²) in [6, 6.07) is 13.3. The molecule has 2 atom stereocenters. The third-order valence-electron chi connectivity index (χ3n) is 7.01. The SMILES string of the molecule is Cc1ccc([C@@H](c2nnnn2C2CCCCC2)N(Cc2cccnc2)C[C@H]2CCCO2)cc1. The molecule has 7 nitrogen and oxygen atoms in total. The molecule has 7 heteroatoms. The third-order valence-corrected chi connectivity index (χ3v) is 7.01. The molecule has 0 unspecified atom stereocenters. The molecule has 1 saturated carbocycles. The molecule has 0 spiro atoms. The molecule has 174 valence electrons. The first-order valence-electron chi connectivity index (χ1n) is 12.4. The first-order valence-corrected chi connectivity index (χ1v) is 12.4. The molecule has 33 heavy (non-hydrogen) atoms. The number of aromatic nitrogens is 5. The Bertz CT molecular complexity index is 993. The van der Waals surface area contributed by atoms with Gasteiger partial charge in [0.15, 0.2) is 5.82 Å². The molecule has 1 saturated heterocycles. The fourth-order valence-electron chi connectivity index (χ4n) is 5.28. The van der Waals surface area contributed by atoms with E-state index in [1.165, 1.54) is 36.0 Å². The van der Waals surface area contributed by atoms with E-state index in [0.29, 0.717) is 6.04 Å². The normalized spacial score (nSPS) is 20.4. The van der Waals surface area contributed by atoms with Crippen LogP contribution in [0.3, 0.4) is 0 Å². The smallest absolute Gasteiger partial charge is 0.173 e. The lowest BCUT2D eigenvalue weighted by Crippen LogP contribution is -2.37. The zero-order valence-electron chi connectivity index (χ0n) is 19.5. The molecule has 2 fully saturated rings. The van der Waals surface area contributed by atoms with E-state index in [1.807, 2.05) is 18.5 Å². The van der Waals surface area contributed by atoms with E-state index < -0.39 is 0 Å². The molecular weight excluding hydrogens is 412 g/mol. The molecular formula is C26H34N6O. The van der Waals surface area contributed by atoms with E-state index in [0.717, 1.165) is 51.2 Å². The summed E-state index contributed by atoms with van der Waals surface area (Å²) in [7, 11) is 0. The lowest BCUT2D eigenvalue weighted by atomic mass is 9.94. The minimum Gasteiger partial charge on any atom is -0.377 e. The standard InChI is InChI=1S/C26H34N6O/c1-20-11-13-22(14-12-20)25(26-28-29-30-32(26)23-8-3-2-4-9-23)31(19-24-10-6-16-33-24)18-21-7-5-15-27-17-21/h5,7,11-15,17,23-25H,2-4,6,8-10,16,18-19H2,1H3/t24-,25+/m1/s1. The Morgan fingerprint density at radius 2 is 1.91 bits per heavy atom. The number of ether oxygens (including phenoxy) is 1. The fraction of sp³-hybridized carbons (Fsp3) is 0.538. The number of aryl methyl sites for hydroxylation is 1. The van der Waals surface area contributed by atoms with Crippen molar-refractivity contribution in [1.82, 2.24) is 30.1 Å². The molecule has 3 heterocycles. The lowest BCUT2D eigenvalue weighted by molar-refractivity contribution is 0.0569. The molecule has 0 N–H and O–H groups in total. The van der Waals surface area contributed by atoms with Crippen molar-refractivity contribution in [2.45, 2.75) is 76.6 Å². The van der Waals surface area contributed by atoms with Gasteiger partial charge in [-0.15, -0.1) is 5.10 Å². The second-order valence-electron chi connectivity index (χ2n) is 9.51. The van der Waals surface area contributed by atoms with E-state index in [1.54, 1.807) is 0 Å². The van der Waals surface area contributed by atoms with Gasteiger partial charge in [0.1, 0.15) is 0 Å². The predicted octanol–water partition coefficient (Wildman–Crippen LogP) is 4.65. The van der Waals surface area contributed by atoms with Crippen LogP contribution in [-0.4, -0.2) is 49.3 Å². The van der Waals surface area contributed by atoms with Gasteiger partial charge in [-0.3, -0.25) is 9.88 Å². The predicted molar refractivity (Wildman–Crippen MR) is 127 cm³/mol. The van der Waals surface area contributed by atoms with Crippen LogP contribution in [0.5, 0.6) is 0 Å². The van der Waals surface area contributed by atoms with E-state index in [4.69, 9.17) is 4.74 Å². The zero-order valence-corrected chi connectivity index (χ0v) is 19.5. The van der Waals surface area contributed by atoms with Crippen LogP contribution in [-0.2, 0) is 11.3 Å². The van der Waals surface area contributed by atoms with Crippen LogP contribution in [0.25, 0.3) is 0 Å². The number of benzene rings is 1. The molecule has 2 aliphatic rings. The van der Waals surface area contributed by atoms with Crippen LogP contribution in [0.4, 0.5) is 0 Å². The van der Waals surface area contributed by atoms with E-state index >= 15 is 0 Å². The van der Waals surface area contributed by atoms with E-state index in [-0.39, 0.29) is 12.1 Å². The second kappa shape index (κ2) is 10.5. The Balaban J connectivity index is 1.55. The highest BCUT2D eigenvalue weighted by atomic mass is 16.5. The number of rotatable bonds is 8. The maximum Gasteiger partial charge on any atom is 0.173 e. The van der Waals surface area contributed by atoms with E-state index in [9.17, 15) is 0 Å². The van der Waals surface area contributed by atoms with Crippen molar-refractivity contribution in [1.29, 1.82) is 0 Å². The average molecular weight is 447 g/mol. The number of tetrazole rings is 1. The molecule has 0 radical (unpaired) electrons. The number of nitrogens with zero attached hydrogens (tertiary/aromatic N) is 6. The first kappa shape index (κ1) is 22.2. The summed E-state index contributed by atoms with van der Waals surface area (Å²) in [5, 5.41) is 13.3. The van der Waals surface area contributed by atoms with Crippen LogP contribution < -0.4 is 0 Å². The van der Waals surface area contributed by atoms with Crippen molar-refractivity contribution in [3.05, 3.63) is 71.3 Å². The summed E-state index contributed by atoms with van der Waals surface area (Å²) in [4.78, 5) is 6.85. The van der Waals surface area contributed by atoms with Crippen LogP contribution in [0.2, 0.25) is 0 Å². The Kier molecular flexibility index (Phi) is 7.07. The summed E-state index contributed by atoms with van der Waals surface area (Å²) < 4.78 is 8.19. The average Bonchev–Trinajstić information content (AvgIpc) is 3.54. The highest BCUT2D eigenvalue weighted by Gasteiger charge is 2.33. The first-order chi connectivity index (χ1) is 16.3. The van der Waals surface area contributed by atoms with Crippen LogP contribution in [0.15, 0.2) is 48.8 Å². The maximum absolute atomic E-state index is 6.07. The fourth-order valence-corrected chi connectivity index (χ4v) is 5.28. The van der Waals surface area contributed by atoms with Gasteiger partial charge in [-0.25, -0.2) is 4.68 Å². The van der Waals surface area contributed by atoms with Crippen molar-refractivity contribution in [3.63, 3.8) is 0 Å². The summed E-state index contributed by atoms with van der Waals surface area (Å²) in [6.45, 7) is 4.58. The second-order valence-corrected chi connectivity index (χ2v) is 9.51. The molecule has 5 rings (SSSR count). The van der Waals surface area contributed by atoms with Crippen molar-refractivity contribution in [3.8, 4) is 0 Å². The summed E-state index contributed by atoms with van der Waals surface area (Å²) in [5.74, 6) is 0.938. The zero-order chi connectivity index (χ0) is 22.5. The minimum absolute atomic E-state index is 0.0491. The Morgan fingerprint density at radius 1 is 1.06 bits per heavy atom. The van der Waals surface area contributed by atoms with Gasteiger partial charge in [-0.2, -0.15) is 0 Å². The van der Waals surface area contributed by atoms with Gasteiger partial charge in [-0.1, -0.05) is 55.2 Å². The van der Waals surface area contributed by atoms with Gasteiger partial charge < -0.3 is 4.74 Å².